The molecule has 8 heteroatoms. The molecule has 0 aromatic heterocycles. The summed E-state index contributed by atoms with van der Waals surface area (Å²) in [6.07, 6.45) is 0.853. The number of amides is 2. The van der Waals surface area contributed by atoms with Crippen LogP contribution in [0.3, 0.4) is 0 Å². The summed E-state index contributed by atoms with van der Waals surface area (Å²) in [5.41, 5.74) is 6.34. The van der Waals surface area contributed by atoms with Crippen LogP contribution in [0.15, 0.2) is 58.3 Å². The van der Waals surface area contributed by atoms with E-state index in [1.54, 1.807) is 40.9 Å². The van der Waals surface area contributed by atoms with Crippen molar-refractivity contribution in [3.05, 3.63) is 54.1 Å². The van der Waals surface area contributed by atoms with Gasteiger partial charge in [-0.3, -0.25) is 9.59 Å². The van der Waals surface area contributed by atoms with Crippen LogP contribution in [0.5, 0.6) is 0 Å². The molecule has 1 atom stereocenters. The molecule has 3 rings (SSSR count). The van der Waals surface area contributed by atoms with Crippen molar-refractivity contribution in [3.8, 4) is 0 Å². The molecule has 1 aliphatic rings. The number of anilines is 1. The van der Waals surface area contributed by atoms with Gasteiger partial charge in [0.25, 0.3) is 5.91 Å². The predicted octanol–water partition coefficient (Wildman–Crippen LogP) is 3.34. The van der Waals surface area contributed by atoms with Crippen LogP contribution >= 0.6 is 23.5 Å². The van der Waals surface area contributed by atoms with Crippen LogP contribution < -0.4 is 10.6 Å². The minimum atomic E-state index is -0.600. The van der Waals surface area contributed by atoms with Gasteiger partial charge < -0.3 is 15.4 Å². The second kappa shape index (κ2) is 9.84. The highest BCUT2D eigenvalue weighted by atomic mass is 32.2. The fraction of sp³-hybridized carbons (Fsp3) is 0.286. The number of nitrogens with two attached hydrogens (primary N) is 1. The van der Waals surface area contributed by atoms with E-state index in [0.29, 0.717) is 22.3 Å². The van der Waals surface area contributed by atoms with Gasteiger partial charge >= 0.3 is 5.97 Å². The lowest BCUT2D eigenvalue weighted by atomic mass is 10.2. The fourth-order valence-corrected chi connectivity index (χ4v) is 4.83. The van der Waals surface area contributed by atoms with E-state index in [4.69, 9.17) is 10.5 Å². The topological polar surface area (TPSA) is 89.7 Å². The lowest BCUT2D eigenvalue weighted by molar-refractivity contribution is -0.121. The molecule has 2 amide bonds. The van der Waals surface area contributed by atoms with E-state index in [2.05, 4.69) is 6.92 Å². The highest BCUT2D eigenvalue weighted by Crippen LogP contribution is 2.37. The maximum absolute atomic E-state index is 12.8. The van der Waals surface area contributed by atoms with Crippen molar-refractivity contribution in [3.63, 3.8) is 0 Å². The number of primary amides is 1. The molecule has 0 radical (unpaired) electrons. The zero-order chi connectivity index (χ0) is 20.8. The van der Waals surface area contributed by atoms with E-state index in [9.17, 15) is 14.4 Å². The number of benzene rings is 2. The Labute approximate surface area is 178 Å². The number of esters is 1. The average Bonchev–Trinajstić information content (AvgIpc) is 2.88. The van der Waals surface area contributed by atoms with E-state index in [1.807, 2.05) is 24.3 Å². The molecule has 0 spiro atoms. The molecule has 0 saturated carbocycles. The number of rotatable bonds is 6. The number of fused-ring (bicyclic) bond motifs is 1. The molecule has 0 saturated heterocycles. The third-order valence-electron chi connectivity index (χ3n) is 4.35. The molecule has 29 heavy (non-hydrogen) atoms. The smallest absolute Gasteiger partial charge is 0.339 e. The molecule has 1 unspecified atom stereocenters. The van der Waals surface area contributed by atoms with Crippen molar-refractivity contribution in [1.82, 2.24) is 0 Å². The SMILES string of the molecule is CC1CCN(C(=O)COC(=O)c2ccccc2SCC(N)=O)c2ccccc2S1. The first kappa shape index (κ1) is 21.3. The van der Waals surface area contributed by atoms with E-state index in [-0.39, 0.29) is 18.3 Å². The van der Waals surface area contributed by atoms with Crippen LogP contribution in [-0.4, -0.2) is 41.9 Å². The number of hydrogen-bond acceptors (Lipinski definition) is 6. The number of para-hydroxylation sites is 1. The van der Waals surface area contributed by atoms with E-state index < -0.39 is 11.9 Å². The van der Waals surface area contributed by atoms with Crippen molar-refractivity contribution < 1.29 is 19.1 Å². The van der Waals surface area contributed by atoms with Crippen LogP contribution in [0, 0.1) is 0 Å². The number of hydrogen-bond donors (Lipinski definition) is 1. The standard InChI is InChI=1S/C21H22N2O4S2/c1-14-10-11-23(16-7-3-5-9-18(16)29-14)20(25)12-27-21(26)15-6-2-4-8-17(15)28-13-19(22)24/h2-9,14H,10-13H2,1H3,(H2,22,24). The van der Waals surface area contributed by atoms with Crippen LogP contribution in [0.2, 0.25) is 0 Å². The lowest BCUT2D eigenvalue weighted by Gasteiger charge is -2.22. The van der Waals surface area contributed by atoms with E-state index in [0.717, 1.165) is 17.0 Å². The molecule has 0 aliphatic carbocycles. The van der Waals surface area contributed by atoms with Gasteiger partial charge in [-0.1, -0.05) is 31.2 Å². The summed E-state index contributed by atoms with van der Waals surface area (Å²) >= 11 is 2.91. The average molecular weight is 431 g/mol. The summed E-state index contributed by atoms with van der Waals surface area (Å²) in [7, 11) is 0. The number of ether oxygens (including phenoxy) is 1. The molecule has 6 nitrogen and oxygen atoms in total. The summed E-state index contributed by atoms with van der Waals surface area (Å²) in [6, 6.07) is 14.6. The predicted molar refractivity (Wildman–Crippen MR) is 115 cm³/mol. The van der Waals surface area contributed by atoms with Crippen LogP contribution in [0.25, 0.3) is 0 Å². The Bertz CT molecular complexity index is 919. The Balaban J connectivity index is 1.68. The molecular weight excluding hydrogens is 408 g/mol. The van der Waals surface area contributed by atoms with Crippen molar-refractivity contribution in [2.75, 3.05) is 23.8 Å². The van der Waals surface area contributed by atoms with Crippen molar-refractivity contribution in [1.29, 1.82) is 0 Å². The largest absolute Gasteiger partial charge is 0.452 e. The van der Waals surface area contributed by atoms with Crippen molar-refractivity contribution >= 4 is 47.0 Å². The van der Waals surface area contributed by atoms with E-state index in [1.165, 1.54) is 11.8 Å². The number of carbonyl (C=O) groups excluding carboxylic acids is 3. The molecule has 152 valence electrons. The minimum Gasteiger partial charge on any atom is -0.452 e. The van der Waals surface area contributed by atoms with Gasteiger partial charge in [-0.25, -0.2) is 4.79 Å². The summed E-state index contributed by atoms with van der Waals surface area (Å²) in [6.45, 7) is 2.36. The first-order valence-corrected chi connectivity index (χ1v) is 11.1. The van der Waals surface area contributed by atoms with Gasteiger partial charge in [-0.15, -0.1) is 23.5 Å². The zero-order valence-electron chi connectivity index (χ0n) is 16.0. The molecule has 1 aliphatic heterocycles. The molecular formula is C21H22N2O4S2. The quantitative estimate of drug-likeness (QED) is 0.558. The Morgan fingerprint density at radius 3 is 2.69 bits per heavy atom. The van der Waals surface area contributed by atoms with E-state index >= 15 is 0 Å². The fourth-order valence-electron chi connectivity index (χ4n) is 2.94. The molecule has 0 fully saturated rings. The zero-order valence-corrected chi connectivity index (χ0v) is 17.6. The minimum absolute atomic E-state index is 0.0592. The van der Waals surface area contributed by atoms with Gasteiger partial charge in [0.1, 0.15) is 0 Å². The summed E-state index contributed by atoms with van der Waals surface area (Å²) < 4.78 is 5.31. The van der Waals surface area contributed by atoms with Crippen LogP contribution in [0.4, 0.5) is 5.69 Å². The van der Waals surface area contributed by atoms with Gasteiger partial charge in [0.15, 0.2) is 6.61 Å². The molecule has 0 bridgehead atoms. The van der Waals surface area contributed by atoms with Gasteiger partial charge in [0.2, 0.25) is 5.91 Å². The Hall–Kier alpha value is -2.45. The monoisotopic (exact) mass is 430 g/mol. The summed E-state index contributed by atoms with van der Waals surface area (Å²) in [4.78, 5) is 39.7. The van der Waals surface area contributed by atoms with Crippen LogP contribution in [-0.2, 0) is 14.3 Å². The molecule has 2 aromatic rings. The maximum atomic E-state index is 12.8. The first-order valence-electron chi connectivity index (χ1n) is 9.19. The Morgan fingerprint density at radius 2 is 1.90 bits per heavy atom. The Morgan fingerprint density at radius 1 is 1.17 bits per heavy atom. The molecule has 2 aromatic carbocycles. The van der Waals surface area contributed by atoms with Gasteiger partial charge in [-0.2, -0.15) is 0 Å². The van der Waals surface area contributed by atoms with Gasteiger partial charge in [0.05, 0.1) is 17.0 Å². The normalized spacial score (nSPS) is 15.9. The van der Waals surface area contributed by atoms with Crippen molar-refractivity contribution in [2.45, 2.75) is 28.4 Å². The molecule has 2 N–H and O–H groups in total. The first-order chi connectivity index (χ1) is 14.0. The summed E-state index contributed by atoms with van der Waals surface area (Å²) in [5, 5.41) is 0.394. The van der Waals surface area contributed by atoms with Crippen molar-refractivity contribution in [2.24, 2.45) is 5.73 Å². The maximum Gasteiger partial charge on any atom is 0.339 e. The Kier molecular flexibility index (Phi) is 7.22. The lowest BCUT2D eigenvalue weighted by Crippen LogP contribution is -2.35. The number of nitrogens with zero attached hydrogens (tertiary/aromatic N) is 1. The third-order valence-corrected chi connectivity index (χ3v) is 6.68. The highest BCUT2D eigenvalue weighted by Gasteiger charge is 2.25. The van der Waals surface area contributed by atoms with Gasteiger partial charge in [0, 0.05) is 21.6 Å². The number of thioether (sulfide) groups is 2. The van der Waals surface area contributed by atoms with Gasteiger partial charge in [-0.05, 0) is 30.7 Å². The second-order valence-electron chi connectivity index (χ2n) is 6.56. The molecule has 1 heterocycles. The summed E-state index contributed by atoms with van der Waals surface area (Å²) in [5.74, 6) is -1.27. The number of carbonyl (C=O) groups is 3. The third kappa shape index (κ3) is 5.55. The second-order valence-corrected chi connectivity index (χ2v) is 9.05. The van der Waals surface area contributed by atoms with Crippen LogP contribution in [0.1, 0.15) is 23.7 Å². The highest BCUT2D eigenvalue weighted by molar-refractivity contribution is 8.00.